The van der Waals surface area contributed by atoms with E-state index in [1.165, 1.54) is 11.3 Å². The van der Waals surface area contributed by atoms with Crippen LogP contribution in [0.1, 0.15) is 47.7 Å². The lowest BCUT2D eigenvalue weighted by Crippen LogP contribution is -2.45. The van der Waals surface area contributed by atoms with Crippen LogP contribution in [-0.4, -0.2) is 47.0 Å². The van der Waals surface area contributed by atoms with Crippen molar-refractivity contribution in [2.75, 3.05) is 25.2 Å². The minimum atomic E-state index is -0.864. The van der Waals surface area contributed by atoms with Crippen molar-refractivity contribution in [1.82, 2.24) is 9.88 Å². The van der Waals surface area contributed by atoms with E-state index in [1.54, 1.807) is 0 Å². The molecular formula is C27H29ClN4O4S. The maximum Gasteiger partial charge on any atom is 0.236 e. The van der Waals surface area contributed by atoms with E-state index in [2.05, 4.69) is 15.2 Å². The number of amides is 1. The van der Waals surface area contributed by atoms with Gasteiger partial charge in [0.25, 0.3) is 0 Å². The van der Waals surface area contributed by atoms with Crippen LogP contribution in [0.5, 0.6) is 11.5 Å². The highest BCUT2D eigenvalue weighted by Gasteiger charge is 2.52. The van der Waals surface area contributed by atoms with E-state index in [4.69, 9.17) is 26.8 Å². The Hall–Kier alpha value is -2.69. The monoisotopic (exact) mass is 540 g/mol. The van der Waals surface area contributed by atoms with Crippen molar-refractivity contribution in [3.63, 3.8) is 0 Å². The number of carbonyl (C=O) groups is 1. The van der Waals surface area contributed by atoms with Crippen molar-refractivity contribution in [2.45, 2.75) is 43.4 Å². The number of fused-ring (bicyclic) bond motifs is 1. The van der Waals surface area contributed by atoms with Crippen molar-refractivity contribution in [2.24, 2.45) is 11.7 Å². The Morgan fingerprint density at radius 2 is 2.05 bits per heavy atom. The molecule has 3 aromatic rings. The summed E-state index contributed by atoms with van der Waals surface area (Å²) in [7, 11) is 0. The molecule has 1 saturated carbocycles. The Morgan fingerprint density at radius 1 is 1.24 bits per heavy atom. The van der Waals surface area contributed by atoms with Gasteiger partial charge in [0.15, 0.2) is 16.6 Å². The molecule has 37 heavy (non-hydrogen) atoms. The molecule has 3 unspecified atom stereocenters. The van der Waals surface area contributed by atoms with Gasteiger partial charge in [-0.2, -0.15) is 0 Å². The number of hydrogen-bond donors (Lipinski definition) is 3. The number of aliphatic hydroxyl groups is 1. The zero-order valence-corrected chi connectivity index (χ0v) is 21.8. The van der Waals surface area contributed by atoms with Crippen LogP contribution in [0.2, 0.25) is 5.02 Å². The summed E-state index contributed by atoms with van der Waals surface area (Å²) < 4.78 is 10.9. The van der Waals surface area contributed by atoms with Gasteiger partial charge in [-0.25, -0.2) is 4.98 Å². The minimum Gasteiger partial charge on any atom is -0.454 e. The van der Waals surface area contributed by atoms with E-state index in [0.717, 1.165) is 48.2 Å². The molecule has 10 heteroatoms. The fraction of sp³-hybridized carbons (Fsp3) is 0.407. The average Bonchev–Trinajstić information content (AvgIpc) is 3.37. The van der Waals surface area contributed by atoms with E-state index < -0.39 is 11.6 Å². The number of likely N-dealkylation sites (tertiary alicyclic amines) is 1. The number of rotatable bonds is 7. The van der Waals surface area contributed by atoms with Gasteiger partial charge in [0.1, 0.15) is 6.23 Å². The number of thiazole rings is 1. The largest absolute Gasteiger partial charge is 0.454 e. The van der Waals surface area contributed by atoms with Gasteiger partial charge >= 0.3 is 0 Å². The minimum absolute atomic E-state index is 0.0118. The molecule has 0 spiro atoms. The van der Waals surface area contributed by atoms with Gasteiger partial charge in [-0.1, -0.05) is 47.2 Å². The molecule has 1 aliphatic carbocycles. The number of benzene rings is 2. The maximum atomic E-state index is 13.4. The van der Waals surface area contributed by atoms with Crippen LogP contribution in [0.25, 0.3) is 0 Å². The van der Waals surface area contributed by atoms with Gasteiger partial charge in [0, 0.05) is 28.6 Å². The number of halogens is 1. The van der Waals surface area contributed by atoms with Gasteiger partial charge < -0.3 is 25.6 Å². The predicted molar refractivity (Wildman–Crippen MR) is 142 cm³/mol. The first kappa shape index (κ1) is 24.6. The number of nitrogens with zero attached hydrogens (tertiary/aromatic N) is 2. The van der Waals surface area contributed by atoms with Crippen molar-refractivity contribution >= 4 is 34.0 Å². The molecule has 1 saturated heterocycles. The lowest BCUT2D eigenvalue weighted by molar-refractivity contribution is -0.118. The average molecular weight is 541 g/mol. The summed E-state index contributed by atoms with van der Waals surface area (Å²) in [5, 5.41) is 14.3. The Labute approximate surface area is 224 Å². The lowest BCUT2D eigenvalue weighted by atomic mass is 9.93. The van der Waals surface area contributed by atoms with Crippen molar-refractivity contribution < 1.29 is 19.4 Å². The number of nitrogens with two attached hydrogens (primary N) is 1. The first-order chi connectivity index (χ1) is 17.9. The molecule has 2 aromatic carbocycles. The Kier molecular flexibility index (Phi) is 6.58. The van der Waals surface area contributed by atoms with Crippen LogP contribution in [0.15, 0.2) is 48.7 Å². The standard InChI is InChI=1S/C27H29ClN4O4S/c28-19-6-2-1-5-18(19)23(32-11-3-4-16(14-32)24(29)33)22-13-30-26(37-22)31-25(34)27(9-10-27)17-7-8-20-21(12-17)36-15-35-20/h1-2,5-8,12-13,16,23-24,33H,3-4,9-11,14-15,29H2,(H,30,31,34). The molecule has 0 radical (unpaired) electrons. The number of aliphatic hydroxyl groups excluding tert-OH is 1. The number of hydrogen-bond acceptors (Lipinski definition) is 8. The quantitative estimate of drug-likeness (QED) is 0.384. The van der Waals surface area contributed by atoms with Crippen LogP contribution in [-0.2, 0) is 10.2 Å². The summed E-state index contributed by atoms with van der Waals surface area (Å²) in [5.74, 6) is 1.31. The molecule has 194 valence electrons. The number of ether oxygens (including phenoxy) is 2. The molecule has 3 heterocycles. The molecule has 3 aliphatic rings. The first-order valence-corrected chi connectivity index (χ1v) is 13.7. The van der Waals surface area contributed by atoms with E-state index in [9.17, 15) is 9.90 Å². The Bertz CT molecular complexity index is 1310. The molecular weight excluding hydrogens is 512 g/mol. The normalized spacial score (nSPS) is 21.9. The van der Waals surface area contributed by atoms with Crippen LogP contribution < -0.4 is 20.5 Å². The molecule has 8 nitrogen and oxygen atoms in total. The number of anilines is 1. The second-order valence-corrected chi connectivity index (χ2v) is 11.5. The predicted octanol–water partition coefficient (Wildman–Crippen LogP) is 4.27. The molecule has 3 atom stereocenters. The molecule has 1 aromatic heterocycles. The lowest BCUT2D eigenvalue weighted by Gasteiger charge is -2.39. The van der Waals surface area contributed by atoms with Crippen LogP contribution in [0.3, 0.4) is 0 Å². The fourth-order valence-electron chi connectivity index (χ4n) is 5.43. The van der Waals surface area contributed by atoms with Gasteiger partial charge in [-0.05, 0) is 61.6 Å². The van der Waals surface area contributed by atoms with Crippen LogP contribution >= 0.6 is 22.9 Å². The van der Waals surface area contributed by atoms with E-state index in [1.807, 2.05) is 48.7 Å². The second-order valence-electron chi connectivity index (χ2n) is 9.98. The maximum absolute atomic E-state index is 13.4. The Balaban J connectivity index is 1.25. The summed E-state index contributed by atoms with van der Waals surface area (Å²) in [6, 6.07) is 13.4. The summed E-state index contributed by atoms with van der Waals surface area (Å²) >= 11 is 8.10. The third kappa shape index (κ3) is 4.70. The number of piperidine rings is 1. The van der Waals surface area contributed by atoms with Gasteiger partial charge in [0.2, 0.25) is 12.7 Å². The molecule has 2 aliphatic heterocycles. The van der Waals surface area contributed by atoms with E-state index in [0.29, 0.717) is 28.2 Å². The van der Waals surface area contributed by atoms with E-state index >= 15 is 0 Å². The zero-order valence-electron chi connectivity index (χ0n) is 20.2. The van der Waals surface area contributed by atoms with Crippen molar-refractivity contribution in [3.05, 3.63) is 69.7 Å². The first-order valence-electron chi connectivity index (χ1n) is 12.5. The summed E-state index contributed by atoms with van der Waals surface area (Å²) in [6.45, 7) is 1.71. The summed E-state index contributed by atoms with van der Waals surface area (Å²) in [6.07, 6.45) is 4.31. The summed E-state index contributed by atoms with van der Waals surface area (Å²) in [4.78, 5) is 21.3. The fourth-order valence-corrected chi connectivity index (χ4v) is 6.64. The third-order valence-corrected chi connectivity index (χ3v) is 8.97. The highest BCUT2D eigenvalue weighted by Crippen LogP contribution is 2.51. The number of nitrogens with one attached hydrogen (secondary N) is 1. The molecule has 1 amide bonds. The smallest absolute Gasteiger partial charge is 0.236 e. The number of aromatic nitrogens is 1. The highest BCUT2D eigenvalue weighted by molar-refractivity contribution is 7.15. The molecule has 2 fully saturated rings. The van der Waals surface area contributed by atoms with Gasteiger partial charge in [0.05, 0.1) is 11.5 Å². The van der Waals surface area contributed by atoms with Gasteiger partial charge in [-0.15, -0.1) is 0 Å². The molecule has 0 bridgehead atoms. The van der Waals surface area contributed by atoms with Gasteiger partial charge in [-0.3, -0.25) is 9.69 Å². The Morgan fingerprint density at radius 3 is 2.84 bits per heavy atom. The highest BCUT2D eigenvalue weighted by atomic mass is 35.5. The van der Waals surface area contributed by atoms with Crippen molar-refractivity contribution in [1.29, 1.82) is 0 Å². The van der Waals surface area contributed by atoms with Crippen LogP contribution in [0.4, 0.5) is 5.13 Å². The third-order valence-electron chi connectivity index (χ3n) is 7.66. The van der Waals surface area contributed by atoms with E-state index in [-0.39, 0.29) is 24.7 Å². The number of carbonyl (C=O) groups excluding carboxylic acids is 1. The topological polar surface area (TPSA) is 110 Å². The van der Waals surface area contributed by atoms with Crippen molar-refractivity contribution in [3.8, 4) is 11.5 Å². The SMILES string of the molecule is NC(O)C1CCCN(C(c2cnc(NC(=O)C3(c4ccc5c(c4)OCO5)CC3)s2)c2ccccc2Cl)C1. The molecule has 4 N–H and O–H groups in total. The van der Waals surface area contributed by atoms with Crippen LogP contribution in [0, 0.1) is 5.92 Å². The molecule has 6 rings (SSSR count). The summed E-state index contributed by atoms with van der Waals surface area (Å²) in [5.41, 5.74) is 7.17. The second kappa shape index (κ2) is 9.89. The zero-order chi connectivity index (χ0) is 25.6.